The summed E-state index contributed by atoms with van der Waals surface area (Å²) in [5.74, 6) is 1.64. The smallest absolute Gasteiger partial charge is 0.133 e. The number of hydrogen-bond donors (Lipinski definition) is 1. The van der Waals surface area contributed by atoms with E-state index >= 15 is 0 Å². The average Bonchev–Trinajstić information content (AvgIpc) is 3.15. The predicted octanol–water partition coefficient (Wildman–Crippen LogP) is 2.54. The zero-order valence-electron chi connectivity index (χ0n) is 16.6. The first kappa shape index (κ1) is 19.2. The highest BCUT2D eigenvalue weighted by molar-refractivity contribution is 5.41. The van der Waals surface area contributed by atoms with E-state index in [1.54, 1.807) is 14.2 Å². The Kier molecular flexibility index (Phi) is 5.82. The first-order valence-corrected chi connectivity index (χ1v) is 9.73. The Hall–Kier alpha value is -2.12. The molecule has 28 heavy (non-hydrogen) atoms. The van der Waals surface area contributed by atoms with Gasteiger partial charge in [-0.15, -0.1) is 0 Å². The van der Waals surface area contributed by atoms with Gasteiger partial charge in [0.1, 0.15) is 17.7 Å². The Bertz CT molecular complexity index is 820. The number of hydrogen-bond acceptors (Lipinski definition) is 6. The van der Waals surface area contributed by atoms with Crippen molar-refractivity contribution in [3.05, 3.63) is 58.7 Å². The lowest BCUT2D eigenvalue weighted by molar-refractivity contribution is -0.0603. The van der Waals surface area contributed by atoms with Crippen LogP contribution in [0.1, 0.15) is 28.5 Å². The van der Waals surface area contributed by atoms with Crippen LogP contribution in [0.2, 0.25) is 0 Å². The van der Waals surface area contributed by atoms with Crippen molar-refractivity contribution < 1.29 is 19.3 Å². The summed E-state index contributed by atoms with van der Waals surface area (Å²) in [6.45, 7) is 5.47. The van der Waals surface area contributed by atoms with E-state index in [1.807, 2.05) is 12.1 Å². The molecular weight excluding hydrogens is 356 g/mol. The summed E-state index contributed by atoms with van der Waals surface area (Å²) in [5.41, 5.74) is 4.72. The van der Waals surface area contributed by atoms with Gasteiger partial charge in [0.25, 0.3) is 0 Å². The highest BCUT2D eigenvalue weighted by Gasteiger charge is 2.24. The summed E-state index contributed by atoms with van der Waals surface area (Å²) in [7, 11) is 3.35. The van der Waals surface area contributed by atoms with E-state index in [2.05, 4.69) is 34.1 Å². The molecule has 1 saturated heterocycles. The summed E-state index contributed by atoms with van der Waals surface area (Å²) >= 11 is 0. The second-order valence-electron chi connectivity index (χ2n) is 7.37. The molecule has 0 radical (unpaired) electrons. The highest BCUT2D eigenvalue weighted by atomic mass is 16.5. The topological polar surface area (TPSA) is 54.4 Å². The molecule has 0 saturated carbocycles. The van der Waals surface area contributed by atoms with Crippen molar-refractivity contribution >= 4 is 0 Å². The van der Waals surface area contributed by atoms with Crippen LogP contribution in [0.5, 0.6) is 11.5 Å². The van der Waals surface area contributed by atoms with Crippen LogP contribution in [0.15, 0.2) is 36.4 Å². The molecule has 2 aromatic carbocycles. The maximum Gasteiger partial charge on any atom is 0.133 e. The van der Waals surface area contributed by atoms with Crippen molar-refractivity contribution in [2.24, 2.45) is 0 Å². The van der Waals surface area contributed by atoms with E-state index in [1.165, 1.54) is 11.1 Å². The third-order valence-corrected chi connectivity index (χ3v) is 5.60. The molecule has 0 aliphatic carbocycles. The highest BCUT2D eigenvalue weighted by Crippen LogP contribution is 2.31. The fourth-order valence-corrected chi connectivity index (χ4v) is 4.01. The number of aliphatic hydroxyl groups excluding tert-OH is 1. The van der Waals surface area contributed by atoms with Crippen LogP contribution >= 0.6 is 0 Å². The number of rotatable bonds is 6. The molecule has 0 spiro atoms. The molecule has 2 aliphatic rings. The Morgan fingerprint density at radius 1 is 1.00 bits per heavy atom. The number of nitrogens with zero attached hydrogens (tertiary/aromatic N) is 2. The number of fused-ring (bicyclic) bond motifs is 1. The van der Waals surface area contributed by atoms with Crippen LogP contribution in [0.25, 0.3) is 0 Å². The first-order valence-electron chi connectivity index (χ1n) is 9.73. The zero-order chi connectivity index (χ0) is 19.5. The van der Waals surface area contributed by atoms with E-state index < -0.39 is 6.23 Å². The lowest BCUT2D eigenvalue weighted by atomic mass is 10.0. The molecule has 6 heteroatoms. The lowest BCUT2D eigenvalue weighted by Gasteiger charge is -2.31. The number of benzene rings is 2. The van der Waals surface area contributed by atoms with Gasteiger partial charge in [-0.2, -0.15) is 0 Å². The lowest BCUT2D eigenvalue weighted by Crippen LogP contribution is -2.39. The van der Waals surface area contributed by atoms with Gasteiger partial charge in [0.2, 0.25) is 0 Å². The SMILES string of the molecule is COc1ccc(CN2Cc3ccc(C(O)N4CCOCC4)cc3C2)c(OC)c1. The molecule has 1 fully saturated rings. The van der Waals surface area contributed by atoms with Crippen molar-refractivity contribution in [1.29, 1.82) is 0 Å². The summed E-state index contributed by atoms with van der Waals surface area (Å²) in [5, 5.41) is 10.7. The van der Waals surface area contributed by atoms with Crippen LogP contribution < -0.4 is 9.47 Å². The first-order chi connectivity index (χ1) is 13.7. The molecule has 1 N–H and O–H groups in total. The molecule has 6 nitrogen and oxygen atoms in total. The van der Waals surface area contributed by atoms with Crippen LogP contribution in [-0.2, 0) is 24.4 Å². The van der Waals surface area contributed by atoms with Crippen molar-refractivity contribution in [3.8, 4) is 11.5 Å². The van der Waals surface area contributed by atoms with E-state index in [0.717, 1.165) is 55.3 Å². The largest absolute Gasteiger partial charge is 0.497 e. The molecule has 150 valence electrons. The van der Waals surface area contributed by atoms with Gasteiger partial charge in [-0.05, 0) is 22.8 Å². The molecule has 1 atom stereocenters. The van der Waals surface area contributed by atoms with Gasteiger partial charge in [-0.3, -0.25) is 9.80 Å². The fraction of sp³-hybridized carbons (Fsp3) is 0.455. The van der Waals surface area contributed by atoms with Gasteiger partial charge in [-0.1, -0.05) is 24.3 Å². The Labute approximate surface area is 166 Å². The molecule has 4 rings (SSSR count). The van der Waals surface area contributed by atoms with Gasteiger partial charge < -0.3 is 19.3 Å². The molecule has 1 unspecified atom stereocenters. The number of ether oxygens (including phenoxy) is 3. The van der Waals surface area contributed by atoms with Crippen LogP contribution in [0, 0.1) is 0 Å². The quantitative estimate of drug-likeness (QED) is 0.826. The van der Waals surface area contributed by atoms with Crippen molar-refractivity contribution in [2.75, 3.05) is 40.5 Å². The van der Waals surface area contributed by atoms with Crippen LogP contribution in [-0.4, -0.2) is 55.4 Å². The molecule has 0 aromatic heterocycles. The minimum atomic E-state index is -0.565. The zero-order valence-corrected chi connectivity index (χ0v) is 16.6. The van der Waals surface area contributed by atoms with Crippen LogP contribution in [0.4, 0.5) is 0 Å². The summed E-state index contributed by atoms with van der Waals surface area (Å²) in [6.07, 6.45) is -0.565. The van der Waals surface area contributed by atoms with Gasteiger partial charge in [0.05, 0.1) is 27.4 Å². The standard InChI is InChI=1S/C22H28N2O4/c1-26-20-6-5-18(21(12-20)27-2)14-23-13-17-4-3-16(11-19(17)15-23)22(25)24-7-9-28-10-8-24/h3-6,11-12,22,25H,7-10,13-15H2,1-2H3. The average molecular weight is 384 g/mol. The minimum Gasteiger partial charge on any atom is -0.497 e. The van der Waals surface area contributed by atoms with E-state index in [4.69, 9.17) is 14.2 Å². The van der Waals surface area contributed by atoms with E-state index in [9.17, 15) is 5.11 Å². The van der Waals surface area contributed by atoms with E-state index in [0.29, 0.717) is 13.2 Å². The van der Waals surface area contributed by atoms with Gasteiger partial charge in [0, 0.05) is 44.4 Å². The van der Waals surface area contributed by atoms with Crippen molar-refractivity contribution in [3.63, 3.8) is 0 Å². The second kappa shape index (κ2) is 8.49. The maximum absolute atomic E-state index is 10.7. The molecular formula is C22H28N2O4. The number of methoxy groups -OCH3 is 2. The predicted molar refractivity (Wildman–Crippen MR) is 106 cm³/mol. The van der Waals surface area contributed by atoms with E-state index in [-0.39, 0.29) is 0 Å². The van der Waals surface area contributed by atoms with Crippen molar-refractivity contribution in [1.82, 2.24) is 9.80 Å². The van der Waals surface area contributed by atoms with Gasteiger partial charge in [-0.25, -0.2) is 0 Å². The molecule has 2 aromatic rings. The van der Waals surface area contributed by atoms with Crippen molar-refractivity contribution in [2.45, 2.75) is 25.9 Å². The summed E-state index contributed by atoms with van der Waals surface area (Å²) < 4.78 is 16.2. The van der Waals surface area contributed by atoms with Crippen LogP contribution in [0.3, 0.4) is 0 Å². The number of aliphatic hydroxyl groups is 1. The fourth-order valence-electron chi connectivity index (χ4n) is 4.01. The molecule has 2 aliphatic heterocycles. The molecule has 2 heterocycles. The van der Waals surface area contributed by atoms with Gasteiger partial charge >= 0.3 is 0 Å². The third-order valence-electron chi connectivity index (χ3n) is 5.60. The Morgan fingerprint density at radius 3 is 2.54 bits per heavy atom. The Morgan fingerprint density at radius 2 is 1.79 bits per heavy atom. The normalized spacial score (nSPS) is 18.7. The number of morpholine rings is 1. The second-order valence-corrected chi connectivity index (χ2v) is 7.37. The summed E-state index contributed by atoms with van der Waals surface area (Å²) in [6, 6.07) is 12.3. The maximum atomic E-state index is 10.7. The minimum absolute atomic E-state index is 0.565. The monoisotopic (exact) mass is 384 g/mol. The Balaban J connectivity index is 1.45. The molecule has 0 bridgehead atoms. The van der Waals surface area contributed by atoms with Gasteiger partial charge in [0.15, 0.2) is 0 Å². The summed E-state index contributed by atoms with van der Waals surface area (Å²) in [4.78, 5) is 4.46. The third kappa shape index (κ3) is 4.00. The molecule has 0 amide bonds.